The van der Waals surface area contributed by atoms with Crippen molar-refractivity contribution in [2.24, 2.45) is 0 Å². The maximum atomic E-state index is 12.8. The Balaban J connectivity index is 2.09. The Morgan fingerprint density at radius 3 is 3.00 bits per heavy atom. The van der Waals surface area contributed by atoms with Gasteiger partial charge in [0.2, 0.25) is 0 Å². The van der Waals surface area contributed by atoms with Crippen molar-refractivity contribution < 1.29 is 10.2 Å². The maximum absolute atomic E-state index is 12.8. The van der Waals surface area contributed by atoms with Crippen LogP contribution in [0.25, 0.3) is 10.9 Å². The predicted molar refractivity (Wildman–Crippen MR) is 92.1 cm³/mol. The summed E-state index contributed by atoms with van der Waals surface area (Å²) in [5.74, 6) is 0.886. The zero-order valence-corrected chi connectivity index (χ0v) is 14.7. The van der Waals surface area contributed by atoms with Gasteiger partial charge in [-0.05, 0) is 39.0 Å². The predicted octanol–water partition coefficient (Wildman–Crippen LogP) is -0.0188. The number of rotatable bonds is 3. The SMILES string of the molecule is CCn1c([C@H](C)[NH+]2CC[NH2+][C@H](C)C2)nc2ccc(Cl)cc2c1=O. The molecule has 1 aromatic carbocycles. The highest BCUT2D eigenvalue weighted by atomic mass is 35.5. The smallest absolute Gasteiger partial charge is 0.261 e. The Kier molecular flexibility index (Phi) is 4.71. The minimum absolute atomic E-state index is 0.0119. The molecular weight excluding hydrogens is 312 g/mol. The largest absolute Gasteiger partial charge is 0.335 e. The van der Waals surface area contributed by atoms with Crippen LogP contribution in [-0.4, -0.2) is 35.2 Å². The first kappa shape index (κ1) is 16.4. The van der Waals surface area contributed by atoms with Crippen LogP contribution in [0.3, 0.4) is 0 Å². The third-order valence-electron chi connectivity index (χ3n) is 4.88. The van der Waals surface area contributed by atoms with Crippen molar-refractivity contribution in [2.45, 2.75) is 39.4 Å². The van der Waals surface area contributed by atoms with Crippen molar-refractivity contribution in [3.63, 3.8) is 0 Å². The van der Waals surface area contributed by atoms with Crippen LogP contribution in [0.2, 0.25) is 5.02 Å². The maximum Gasteiger partial charge on any atom is 0.261 e. The minimum atomic E-state index is 0.0119. The molecule has 1 unspecified atom stereocenters. The average Bonchev–Trinajstić information content (AvgIpc) is 2.54. The minimum Gasteiger partial charge on any atom is -0.335 e. The van der Waals surface area contributed by atoms with Crippen molar-refractivity contribution in [3.05, 3.63) is 39.4 Å². The fraction of sp³-hybridized carbons (Fsp3) is 0.529. The molecule has 0 amide bonds. The summed E-state index contributed by atoms with van der Waals surface area (Å²) in [6, 6.07) is 6.18. The van der Waals surface area contributed by atoms with Gasteiger partial charge in [-0.25, -0.2) is 4.98 Å². The second-order valence-corrected chi connectivity index (χ2v) is 6.95. The Morgan fingerprint density at radius 2 is 2.30 bits per heavy atom. The first-order chi connectivity index (χ1) is 11.0. The van der Waals surface area contributed by atoms with Crippen molar-refractivity contribution in [1.82, 2.24) is 9.55 Å². The first-order valence-corrected chi connectivity index (χ1v) is 8.77. The van der Waals surface area contributed by atoms with Crippen molar-refractivity contribution in [2.75, 3.05) is 19.6 Å². The van der Waals surface area contributed by atoms with Gasteiger partial charge in [0.15, 0.2) is 5.82 Å². The third-order valence-corrected chi connectivity index (χ3v) is 5.12. The van der Waals surface area contributed by atoms with Crippen LogP contribution in [0.4, 0.5) is 0 Å². The van der Waals surface area contributed by atoms with Crippen molar-refractivity contribution in [3.8, 4) is 0 Å². The monoisotopic (exact) mass is 336 g/mol. The number of hydrogen-bond acceptors (Lipinski definition) is 2. The summed E-state index contributed by atoms with van der Waals surface area (Å²) in [6.45, 7) is 10.4. The molecule has 1 saturated heterocycles. The molecule has 0 saturated carbocycles. The van der Waals surface area contributed by atoms with Crippen LogP contribution in [-0.2, 0) is 6.54 Å². The van der Waals surface area contributed by atoms with E-state index in [4.69, 9.17) is 16.6 Å². The number of benzene rings is 1. The molecule has 0 bridgehead atoms. The van der Waals surface area contributed by atoms with E-state index in [0.717, 1.165) is 31.0 Å². The third kappa shape index (κ3) is 3.13. The van der Waals surface area contributed by atoms with Gasteiger partial charge < -0.3 is 10.2 Å². The average molecular weight is 337 g/mol. The van der Waals surface area contributed by atoms with Gasteiger partial charge in [-0.15, -0.1) is 0 Å². The Labute approximate surface area is 141 Å². The van der Waals surface area contributed by atoms with Crippen LogP contribution in [0.1, 0.15) is 32.6 Å². The summed E-state index contributed by atoms with van der Waals surface area (Å²) in [6.07, 6.45) is 0. The molecule has 6 heteroatoms. The normalized spacial score (nSPS) is 23.1. The van der Waals surface area contributed by atoms with Gasteiger partial charge in [-0.2, -0.15) is 0 Å². The number of nitrogens with zero attached hydrogens (tertiary/aromatic N) is 2. The van der Waals surface area contributed by atoms with Gasteiger partial charge in [-0.1, -0.05) is 11.6 Å². The molecule has 124 valence electrons. The number of hydrogen-bond donors (Lipinski definition) is 2. The van der Waals surface area contributed by atoms with Crippen LogP contribution >= 0.6 is 11.6 Å². The topological polar surface area (TPSA) is 55.9 Å². The zero-order valence-electron chi connectivity index (χ0n) is 14.0. The van der Waals surface area contributed by atoms with E-state index in [1.165, 1.54) is 4.90 Å². The van der Waals surface area contributed by atoms with Crippen molar-refractivity contribution in [1.29, 1.82) is 0 Å². The van der Waals surface area contributed by atoms with Crippen LogP contribution in [0.15, 0.2) is 23.0 Å². The number of aromatic nitrogens is 2. The molecule has 23 heavy (non-hydrogen) atoms. The molecule has 3 atom stereocenters. The molecule has 0 spiro atoms. The Morgan fingerprint density at radius 1 is 1.52 bits per heavy atom. The molecule has 0 aliphatic carbocycles. The number of nitrogens with two attached hydrogens (primary N) is 1. The second-order valence-electron chi connectivity index (χ2n) is 6.52. The highest BCUT2D eigenvalue weighted by Gasteiger charge is 2.30. The molecule has 1 aliphatic rings. The molecule has 1 fully saturated rings. The highest BCUT2D eigenvalue weighted by molar-refractivity contribution is 6.31. The van der Waals surface area contributed by atoms with Crippen LogP contribution in [0.5, 0.6) is 0 Å². The molecule has 2 aromatic rings. The first-order valence-electron chi connectivity index (χ1n) is 8.39. The summed E-state index contributed by atoms with van der Waals surface area (Å²) in [4.78, 5) is 19.2. The highest BCUT2D eigenvalue weighted by Crippen LogP contribution is 2.17. The second kappa shape index (κ2) is 6.59. The molecule has 3 rings (SSSR count). The summed E-state index contributed by atoms with van der Waals surface area (Å²) in [7, 11) is 0. The Bertz CT molecular complexity index is 773. The molecular formula is C17H25ClN4O+2. The van der Waals surface area contributed by atoms with Gasteiger partial charge in [-0.3, -0.25) is 9.36 Å². The lowest BCUT2D eigenvalue weighted by Crippen LogP contribution is -3.22. The molecule has 2 heterocycles. The van der Waals surface area contributed by atoms with E-state index in [0.29, 0.717) is 23.0 Å². The lowest BCUT2D eigenvalue weighted by molar-refractivity contribution is -0.979. The van der Waals surface area contributed by atoms with E-state index < -0.39 is 0 Å². The van der Waals surface area contributed by atoms with E-state index in [1.807, 2.05) is 13.0 Å². The molecule has 0 radical (unpaired) electrons. The standard InChI is InChI=1S/C17H23ClN4O/c1-4-22-16(12(3)21-8-7-19-11(2)10-21)20-15-6-5-13(18)9-14(15)17(22)23/h5-6,9,11-12,19H,4,7-8,10H2,1-3H3/p+2/t11-,12+/m1/s1. The summed E-state index contributed by atoms with van der Waals surface area (Å²) in [5, 5.41) is 3.57. The lowest BCUT2D eigenvalue weighted by Gasteiger charge is -2.31. The van der Waals surface area contributed by atoms with E-state index in [-0.39, 0.29) is 11.6 Å². The van der Waals surface area contributed by atoms with Crippen LogP contribution < -0.4 is 15.8 Å². The summed E-state index contributed by atoms with van der Waals surface area (Å²) < 4.78 is 1.80. The Hall–Kier alpha value is -1.43. The van der Waals surface area contributed by atoms with E-state index in [1.54, 1.807) is 16.7 Å². The van der Waals surface area contributed by atoms with Crippen LogP contribution in [0, 0.1) is 0 Å². The summed E-state index contributed by atoms with van der Waals surface area (Å²) in [5.41, 5.74) is 0.750. The molecule has 1 aromatic heterocycles. The van der Waals surface area contributed by atoms with Gasteiger partial charge in [0.05, 0.1) is 10.9 Å². The number of quaternary nitrogens is 2. The number of nitrogens with one attached hydrogen (secondary N) is 1. The zero-order chi connectivity index (χ0) is 16.6. The van der Waals surface area contributed by atoms with E-state index in [2.05, 4.69) is 19.2 Å². The fourth-order valence-electron chi connectivity index (χ4n) is 3.57. The van der Waals surface area contributed by atoms with Crippen molar-refractivity contribution >= 4 is 22.5 Å². The van der Waals surface area contributed by atoms with Gasteiger partial charge in [0, 0.05) is 11.6 Å². The van der Waals surface area contributed by atoms with Gasteiger partial charge >= 0.3 is 0 Å². The number of fused-ring (bicyclic) bond motifs is 1. The van der Waals surface area contributed by atoms with Gasteiger partial charge in [0.1, 0.15) is 31.7 Å². The fourth-order valence-corrected chi connectivity index (χ4v) is 3.75. The number of piperazine rings is 1. The summed E-state index contributed by atoms with van der Waals surface area (Å²) >= 11 is 6.04. The quantitative estimate of drug-likeness (QED) is 0.828. The molecule has 3 N–H and O–H groups in total. The number of halogens is 1. The van der Waals surface area contributed by atoms with Gasteiger partial charge in [0.25, 0.3) is 5.56 Å². The molecule has 5 nitrogen and oxygen atoms in total. The van der Waals surface area contributed by atoms with E-state index in [9.17, 15) is 4.79 Å². The van der Waals surface area contributed by atoms with E-state index >= 15 is 0 Å². The molecule has 1 aliphatic heterocycles. The lowest BCUT2D eigenvalue weighted by atomic mass is 10.1.